The Balaban J connectivity index is 1.70. The van der Waals surface area contributed by atoms with Gasteiger partial charge >= 0.3 is 0 Å². The lowest BCUT2D eigenvalue weighted by Gasteiger charge is -2.21. The Labute approximate surface area is 123 Å². The summed E-state index contributed by atoms with van der Waals surface area (Å²) in [4.78, 5) is 2.57. The van der Waals surface area contributed by atoms with Crippen molar-refractivity contribution in [2.45, 2.75) is 45.7 Å². The molecule has 112 valence electrons. The summed E-state index contributed by atoms with van der Waals surface area (Å²) in [6.45, 7) is 10.4. The molecule has 2 atom stereocenters. The number of hydrogen-bond donors (Lipinski definition) is 2. The number of benzene rings is 1. The first-order valence-corrected chi connectivity index (χ1v) is 7.80. The Morgan fingerprint density at radius 2 is 1.95 bits per heavy atom. The monoisotopic (exact) mass is 276 g/mol. The Bertz CT molecular complexity index is 402. The van der Waals surface area contributed by atoms with Crippen molar-refractivity contribution < 1.29 is 5.11 Å². The summed E-state index contributed by atoms with van der Waals surface area (Å²) in [7, 11) is 0. The van der Waals surface area contributed by atoms with E-state index in [1.54, 1.807) is 12.1 Å². The molecule has 2 rings (SSSR count). The van der Waals surface area contributed by atoms with Crippen molar-refractivity contribution in [3.63, 3.8) is 0 Å². The molecule has 0 amide bonds. The maximum atomic E-state index is 9.29. The summed E-state index contributed by atoms with van der Waals surface area (Å²) in [5, 5.41) is 12.9. The maximum Gasteiger partial charge on any atom is 0.115 e. The lowest BCUT2D eigenvalue weighted by Crippen LogP contribution is -2.35. The van der Waals surface area contributed by atoms with E-state index in [0.717, 1.165) is 18.9 Å². The van der Waals surface area contributed by atoms with E-state index in [-0.39, 0.29) is 0 Å². The third-order valence-electron chi connectivity index (χ3n) is 4.28. The molecule has 1 aliphatic heterocycles. The molecule has 20 heavy (non-hydrogen) atoms. The zero-order chi connectivity index (χ0) is 14.5. The summed E-state index contributed by atoms with van der Waals surface area (Å²) in [5.74, 6) is 1.13. The van der Waals surface area contributed by atoms with Crippen LogP contribution in [0.5, 0.6) is 5.75 Å². The molecule has 1 fully saturated rings. The van der Waals surface area contributed by atoms with Crippen molar-refractivity contribution in [3.8, 4) is 5.75 Å². The van der Waals surface area contributed by atoms with Crippen LogP contribution in [0.4, 0.5) is 0 Å². The molecule has 1 aliphatic rings. The topological polar surface area (TPSA) is 35.5 Å². The molecular formula is C17H28N2O. The number of aromatic hydroxyl groups is 1. The van der Waals surface area contributed by atoms with Crippen LogP contribution in [0.2, 0.25) is 0 Å². The number of nitrogens with zero attached hydrogens (tertiary/aromatic N) is 1. The fourth-order valence-electron chi connectivity index (χ4n) is 2.92. The molecule has 1 saturated heterocycles. The zero-order valence-electron chi connectivity index (χ0n) is 13.0. The Kier molecular flexibility index (Phi) is 5.44. The SMILES string of the molecule is CC(Cc1ccc(O)cc1)NCC1CCN(C(C)C)C1. The first-order valence-electron chi connectivity index (χ1n) is 7.80. The predicted molar refractivity (Wildman–Crippen MR) is 84.1 cm³/mol. The second kappa shape index (κ2) is 7.09. The van der Waals surface area contributed by atoms with E-state index in [0.29, 0.717) is 17.8 Å². The molecular weight excluding hydrogens is 248 g/mol. The standard InChI is InChI=1S/C17H28N2O/c1-13(2)19-9-8-16(12-19)11-18-14(3)10-15-4-6-17(20)7-5-15/h4-7,13-14,16,18,20H,8-12H2,1-3H3. The van der Waals surface area contributed by atoms with E-state index in [4.69, 9.17) is 0 Å². The first kappa shape index (κ1) is 15.3. The smallest absolute Gasteiger partial charge is 0.115 e. The first-order chi connectivity index (χ1) is 9.54. The lowest BCUT2D eigenvalue weighted by molar-refractivity contribution is 0.263. The minimum atomic E-state index is 0.342. The quantitative estimate of drug-likeness (QED) is 0.838. The highest BCUT2D eigenvalue weighted by molar-refractivity contribution is 5.26. The number of likely N-dealkylation sites (tertiary alicyclic amines) is 1. The number of nitrogens with one attached hydrogen (secondary N) is 1. The minimum absolute atomic E-state index is 0.342. The van der Waals surface area contributed by atoms with Crippen LogP contribution in [0.25, 0.3) is 0 Å². The maximum absolute atomic E-state index is 9.29. The van der Waals surface area contributed by atoms with Crippen LogP contribution < -0.4 is 5.32 Å². The zero-order valence-corrected chi connectivity index (χ0v) is 13.0. The number of phenols is 1. The molecule has 0 aliphatic carbocycles. The minimum Gasteiger partial charge on any atom is -0.508 e. The normalized spacial score (nSPS) is 21.5. The van der Waals surface area contributed by atoms with E-state index in [2.05, 4.69) is 31.0 Å². The third kappa shape index (κ3) is 4.50. The second-order valence-electron chi connectivity index (χ2n) is 6.42. The van der Waals surface area contributed by atoms with Crippen molar-refractivity contribution in [2.24, 2.45) is 5.92 Å². The van der Waals surface area contributed by atoms with Gasteiger partial charge in [-0.1, -0.05) is 12.1 Å². The molecule has 1 heterocycles. The van der Waals surface area contributed by atoms with Crippen molar-refractivity contribution in [1.82, 2.24) is 10.2 Å². The number of hydrogen-bond acceptors (Lipinski definition) is 3. The van der Waals surface area contributed by atoms with Crippen molar-refractivity contribution >= 4 is 0 Å². The molecule has 0 saturated carbocycles. The van der Waals surface area contributed by atoms with Gasteiger partial charge in [0.15, 0.2) is 0 Å². The van der Waals surface area contributed by atoms with Crippen LogP contribution in [0, 0.1) is 5.92 Å². The molecule has 1 aromatic carbocycles. The van der Waals surface area contributed by atoms with Gasteiger partial charge < -0.3 is 15.3 Å². The molecule has 1 aromatic rings. The van der Waals surface area contributed by atoms with Gasteiger partial charge in [0, 0.05) is 18.6 Å². The van der Waals surface area contributed by atoms with Gasteiger partial charge in [-0.25, -0.2) is 0 Å². The predicted octanol–water partition coefficient (Wildman–Crippen LogP) is 2.64. The Morgan fingerprint density at radius 3 is 2.55 bits per heavy atom. The summed E-state index contributed by atoms with van der Waals surface area (Å²) in [6.07, 6.45) is 2.33. The number of rotatable bonds is 6. The van der Waals surface area contributed by atoms with Gasteiger partial charge in [-0.15, -0.1) is 0 Å². The molecule has 0 spiro atoms. The van der Waals surface area contributed by atoms with Gasteiger partial charge in [0.2, 0.25) is 0 Å². The van der Waals surface area contributed by atoms with Gasteiger partial charge in [-0.05, 0) is 70.3 Å². The highest BCUT2D eigenvalue weighted by Crippen LogP contribution is 2.18. The third-order valence-corrected chi connectivity index (χ3v) is 4.28. The molecule has 0 aromatic heterocycles. The van der Waals surface area contributed by atoms with Gasteiger partial charge in [0.05, 0.1) is 0 Å². The largest absolute Gasteiger partial charge is 0.508 e. The summed E-state index contributed by atoms with van der Waals surface area (Å²) in [6, 6.07) is 8.69. The fourth-order valence-corrected chi connectivity index (χ4v) is 2.92. The van der Waals surface area contributed by atoms with Crippen LogP contribution in [0.15, 0.2) is 24.3 Å². The van der Waals surface area contributed by atoms with Crippen molar-refractivity contribution in [1.29, 1.82) is 0 Å². The van der Waals surface area contributed by atoms with Gasteiger partial charge in [-0.2, -0.15) is 0 Å². The average Bonchev–Trinajstić information content (AvgIpc) is 2.88. The molecule has 2 N–H and O–H groups in total. The van der Waals surface area contributed by atoms with Crippen LogP contribution >= 0.6 is 0 Å². The van der Waals surface area contributed by atoms with Crippen LogP contribution in [-0.4, -0.2) is 41.7 Å². The summed E-state index contributed by atoms with van der Waals surface area (Å²) < 4.78 is 0. The van der Waals surface area contributed by atoms with E-state index in [1.165, 1.54) is 25.1 Å². The second-order valence-corrected chi connectivity index (χ2v) is 6.42. The van der Waals surface area contributed by atoms with Gasteiger partial charge in [-0.3, -0.25) is 0 Å². The van der Waals surface area contributed by atoms with Crippen LogP contribution in [0.1, 0.15) is 32.8 Å². The molecule has 2 unspecified atom stereocenters. The van der Waals surface area contributed by atoms with Crippen molar-refractivity contribution in [3.05, 3.63) is 29.8 Å². The van der Waals surface area contributed by atoms with E-state index < -0.39 is 0 Å². The molecule has 3 nitrogen and oxygen atoms in total. The highest BCUT2D eigenvalue weighted by atomic mass is 16.3. The van der Waals surface area contributed by atoms with E-state index in [9.17, 15) is 5.11 Å². The summed E-state index contributed by atoms with van der Waals surface area (Å²) >= 11 is 0. The van der Waals surface area contributed by atoms with Gasteiger partial charge in [0.1, 0.15) is 5.75 Å². The lowest BCUT2D eigenvalue weighted by atomic mass is 10.1. The Hall–Kier alpha value is -1.06. The van der Waals surface area contributed by atoms with Crippen molar-refractivity contribution in [2.75, 3.05) is 19.6 Å². The highest BCUT2D eigenvalue weighted by Gasteiger charge is 2.24. The van der Waals surface area contributed by atoms with Crippen LogP contribution in [-0.2, 0) is 6.42 Å². The number of phenolic OH excluding ortho intramolecular Hbond substituents is 1. The molecule has 0 bridgehead atoms. The van der Waals surface area contributed by atoms with Crippen LogP contribution in [0.3, 0.4) is 0 Å². The van der Waals surface area contributed by atoms with Gasteiger partial charge in [0.25, 0.3) is 0 Å². The van der Waals surface area contributed by atoms with E-state index >= 15 is 0 Å². The van der Waals surface area contributed by atoms with E-state index in [1.807, 2.05) is 12.1 Å². The average molecular weight is 276 g/mol. The Morgan fingerprint density at radius 1 is 1.25 bits per heavy atom. The summed E-state index contributed by atoms with van der Waals surface area (Å²) in [5.41, 5.74) is 1.28. The fraction of sp³-hybridized carbons (Fsp3) is 0.647. The molecule has 3 heteroatoms. The molecule has 0 radical (unpaired) electrons.